The fourth-order valence-electron chi connectivity index (χ4n) is 2.96. The molecule has 0 unspecified atom stereocenters. The Morgan fingerprint density at radius 2 is 1.65 bits per heavy atom. The van der Waals surface area contributed by atoms with E-state index in [9.17, 15) is 0 Å². The normalized spacial score (nSPS) is 18.5. The van der Waals surface area contributed by atoms with E-state index < -0.39 is 0 Å². The lowest BCUT2D eigenvalue weighted by molar-refractivity contribution is 0.299. The van der Waals surface area contributed by atoms with Gasteiger partial charge in [-0.3, -0.25) is 0 Å². The Labute approximate surface area is 104 Å². The third-order valence-corrected chi connectivity index (χ3v) is 4.10. The van der Waals surface area contributed by atoms with Gasteiger partial charge in [0.25, 0.3) is 0 Å². The second-order valence-corrected chi connectivity index (χ2v) is 5.38. The van der Waals surface area contributed by atoms with Crippen molar-refractivity contribution in [2.24, 2.45) is 11.1 Å². The highest BCUT2D eigenvalue weighted by molar-refractivity contribution is 5.24. The number of hydrogen-bond donors (Lipinski definition) is 2. The smallest absolute Gasteiger partial charge is 0.0471 e. The summed E-state index contributed by atoms with van der Waals surface area (Å²) in [6.07, 6.45) is 7.09. The second kappa shape index (κ2) is 5.65. The second-order valence-electron chi connectivity index (χ2n) is 5.38. The quantitative estimate of drug-likeness (QED) is 0.819. The van der Waals surface area contributed by atoms with Gasteiger partial charge in [0.05, 0.1) is 0 Å². The lowest BCUT2D eigenvalue weighted by Gasteiger charge is -2.27. The Morgan fingerprint density at radius 3 is 2.18 bits per heavy atom. The molecule has 0 heterocycles. The van der Waals surface area contributed by atoms with Gasteiger partial charge >= 0.3 is 0 Å². The van der Waals surface area contributed by atoms with E-state index in [1.165, 1.54) is 36.8 Å². The molecule has 0 aliphatic heterocycles. The van der Waals surface area contributed by atoms with Crippen molar-refractivity contribution in [3.63, 3.8) is 0 Å². The minimum absolute atomic E-state index is 0.228. The molecule has 0 aromatic heterocycles. The van der Waals surface area contributed by atoms with Crippen LogP contribution in [0.4, 0.5) is 0 Å². The van der Waals surface area contributed by atoms with Crippen molar-refractivity contribution in [3.05, 3.63) is 35.4 Å². The number of rotatable bonds is 5. The molecule has 0 amide bonds. The predicted octanol–water partition coefficient (Wildman–Crippen LogP) is 2.28. The van der Waals surface area contributed by atoms with Crippen molar-refractivity contribution in [2.75, 3.05) is 13.2 Å². The minimum atomic E-state index is 0.228. The summed E-state index contributed by atoms with van der Waals surface area (Å²) in [7, 11) is 0. The molecule has 1 aromatic rings. The molecular formula is C15H23NO. The molecule has 1 aliphatic rings. The number of hydrogen-bond acceptors (Lipinski definition) is 2. The maximum atomic E-state index is 8.88. The van der Waals surface area contributed by atoms with E-state index in [0.29, 0.717) is 5.41 Å². The average molecular weight is 233 g/mol. The minimum Gasteiger partial charge on any atom is -0.396 e. The maximum Gasteiger partial charge on any atom is 0.0471 e. The third kappa shape index (κ3) is 3.08. The molecule has 17 heavy (non-hydrogen) atoms. The summed E-state index contributed by atoms with van der Waals surface area (Å²) in [6, 6.07) is 8.65. The summed E-state index contributed by atoms with van der Waals surface area (Å²) in [5, 5.41) is 8.88. The van der Waals surface area contributed by atoms with Crippen LogP contribution in [0.1, 0.15) is 36.8 Å². The summed E-state index contributed by atoms with van der Waals surface area (Å²) < 4.78 is 0. The van der Waals surface area contributed by atoms with Crippen LogP contribution in [0.15, 0.2) is 24.3 Å². The third-order valence-electron chi connectivity index (χ3n) is 4.10. The van der Waals surface area contributed by atoms with Gasteiger partial charge in [-0.2, -0.15) is 0 Å². The van der Waals surface area contributed by atoms with Crippen LogP contribution >= 0.6 is 0 Å². The fourth-order valence-corrected chi connectivity index (χ4v) is 2.96. The molecule has 0 spiro atoms. The molecule has 0 bridgehead atoms. The van der Waals surface area contributed by atoms with E-state index in [1.54, 1.807) is 0 Å². The Hall–Kier alpha value is -0.860. The summed E-state index contributed by atoms with van der Waals surface area (Å²) in [6.45, 7) is 1.04. The van der Waals surface area contributed by atoms with E-state index in [2.05, 4.69) is 24.3 Å². The monoisotopic (exact) mass is 233 g/mol. The van der Waals surface area contributed by atoms with Crippen molar-refractivity contribution in [1.29, 1.82) is 0 Å². The van der Waals surface area contributed by atoms with Crippen molar-refractivity contribution >= 4 is 0 Å². The summed E-state index contributed by atoms with van der Waals surface area (Å²) >= 11 is 0. The summed E-state index contributed by atoms with van der Waals surface area (Å²) in [4.78, 5) is 0. The van der Waals surface area contributed by atoms with Gasteiger partial charge in [0.15, 0.2) is 0 Å². The Bertz CT molecular complexity index is 338. The molecule has 1 aliphatic carbocycles. The van der Waals surface area contributed by atoms with E-state index in [4.69, 9.17) is 10.8 Å². The van der Waals surface area contributed by atoms with Crippen LogP contribution in [0.25, 0.3) is 0 Å². The van der Waals surface area contributed by atoms with Crippen molar-refractivity contribution in [2.45, 2.75) is 38.5 Å². The SMILES string of the molecule is NCC1(Cc2ccc(CCO)cc2)CCCC1. The van der Waals surface area contributed by atoms with Gasteiger partial charge < -0.3 is 10.8 Å². The van der Waals surface area contributed by atoms with Crippen LogP contribution in [0, 0.1) is 5.41 Å². The first-order valence-electron chi connectivity index (χ1n) is 6.67. The van der Waals surface area contributed by atoms with Gasteiger partial charge in [-0.05, 0) is 48.8 Å². The Morgan fingerprint density at radius 1 is 1.06 bits per heavy atom. The maximum absolute atomic E-state index is 8.88. The van der Waals surface area contributed by atoms with Gasteiger partial charge in [0.1, 0.15) is 0 Å². The van der Waals surface area contributed by atoms with Gasteiger partial charge in [0.2, 0.25) is 0 Å². The molecule has 0 radical (unpaired) electrons. The van der Waals surface area contributed by atoms with Crippen LogP contribution < -0.4 is 5.73 Å². The largest absolute Gasteiger partial charge is 0.396 e. The van der Waals surface area contributed by atoms with Crippen LogP contribution in [0.2, 0.25) is 0 Å². The van der Waals surface area contributed by atoms with Gasteiger partial charge in [0, 0.05) is 6.61 Å². The standard InChI is InChI=1S/C15H23NO/c16-12-15(8-1-2-9-15)11-14-5-3-13(4-6-14)7-10-17/h3-6,17H,1-2,7-12,16H2. The topological polar surface area (TPSA) is 46.2 Å². The summed E-state index contributed by atoms with van der Waals surface area (Å²) in [5.41, 5.74) is 8.92. The molecule has 2 heteroatoms. The first-order chi connectivity index (χ1) is 8.28. The highest BCUT2D eigenvalue weighted by Crippen LogP contribution is 2.39. The van der Waals surface area contributed by atoms with Crippen LogP contribution in [0.5, 0.6) is 0 Å². The molecule has 2 rings (SSSR count). The van der Waals surface area contributed by atoms with Crippen LogP contribution in [-0.4, -0.2) is 18.3 Å². The van der Waals surface area contributed by atoms with E-state index in [0.717, 1.165) is 19.4 Å². The zero-order valence-electron chi connectivity index (χ0n) is 10.5. The molecule has 0 atom stereocenters. The van der Waals surface area contributed by atoms with Crippen LogP contribution in [0.3, 0.4) is 0 Å². The van der Waals surface area contributed by atoms with E-state index in [1.807, 2.05) is 0 Å². The van der Waals surface area contributed by atoms with Gasteiger partial charge in [-0.1, -0.05) is 37.1 Å². The fraction of sp³-hybridized carbons (Fsp3) is 0.600. The predicted molar refractivity (Wildman–Crippen MR) is 70.9 cm³/mol. The first-order valence-corrected chi connectivity index (χ1v) is 6.67. The van der Waals surface area contributed by atoms with Gasteiger partial charge in [-0.15, -0.1) is 0 Å². The molecule has 1 aromatic carbocycles. The molecule has 1 saturated carbocycles. The molecule has 94 valence electrons. The number of aliphatic hydroxyl groups is 1. The molecule has 2 nitrogen and oxygen atoms in total. The zero-order chi connectivity index (χ0) is 12.1. The highest BCUT2D eigenvalue weighted by Gasteiger charge is 2.32. The number of aliphatic hydroxyl groups excluding tert-OH is 1. The molecular weight excluding hydrogens is 210 g/mol. The highest BCUT2D eigenvalue weighted by atomic mass is 16.2. The van der Waals surface area contributed by atoms with Crippen molar-refractivity contribution in [3.8, 4) is 0 Å². The number of nitrogens with two attached hydrogens (primary N) is 1. The molecule has 3 N–H and O–H groups in total. The summed E-state index contributed by atoms with van der Waals surface area (Å²) in [5.74, 6) is 0. The van der Waals surface area contributed by atoms with E-state index in [-0.39, 0.29) is 6.61 Å². The first kappa shape index (κ1) is 12.6. The lowest BCUT2D eigenvalue weighted by Crippen LogP contribution is -2.29. The molecule has 1 fully saturated rings. The lowest BCUT2D eigenvalue weighted by atomic mass is 9.80. The zero-order valence-corrected chi connectivity index (χ0v) is 10.5. The van der Waals surface area contributed by atoms with Crippen LogP contribution in [-0.2, 0) is 12.8 Å². The van der Waals surface area contributed by atoms with Crippen molar-refractivity contribution in [1.82, 2.24) is 0 Å². The Kier molecular flexibility index (Phi) is 4.19. The number of benzene rings is 1. The average Bonchev–Trinajstić information content (AvgIpc) is 2.81. The van der Waals surface area contributed by atoms with Gasteiger partial charge in [-0.25, -0.2) is 0 Å². The Balaban J connectivity index is 2.02. The van der Waals surface area contributed by atoms with Crippen molar-refractivity contribution < 1.29 is 5.11 Å². The van der Waals surface area contributed by atoms with E-state index >= 15 is 0 Å². The molecule has 0 saturated heterocycles.